The Kier molecular flexibility index (Phi) is 5.72. The van der Waals surface area contributed by atoms with Crippen LogP contribution >= 0.6 is 11.8 Å². The van der Waals surface area contributed by atoms with Crippen LogP contribution in [0.25, 0.3) is 0 Å². The van der Waals surface area contributed by atoms with Crippen LogP contribution in [0.4, 0.5) is 0 Å². The predicted molar refractivity (Wildman–Crippen MR) is 62.0 cm³/mol. The molecule has 15 heavy (non-hydrogen) atoms. The van der Waals surface area contributed by atoms with Gasteiger partial charge in [0, 0.05) is 18.2 Å². The Balaban J connectivity index is 4.05. The summed E-state index contributed by atoms with van der Waals surface area (Å²) in [5.74, 6) is -0.317. The average molecular weight is 233 g/mol. The molecule has 2 N–H and O–H groups in total. The van der Waals surface area contributed by atoms with Crippen LogP contribution in [0.5, 0.6) is 0 Å². The van der Waals surface area contributed by atoms with Crippen LogP contribution in [0.15, 0.2) is 0 Å². The van der Waals surface area contributed by atoms with Crippen LogP contribution in [0, 0.1) is 11.3 Å². The summed E-state index contributed by atoms with van der Waals surface area (Å²) in [6, 6.07) is 0. The number of thioether (sulfide) groups is 1. The third-order valence-corrected chi connectivity index (χ3v) is 2.98. The Morgan fingerprint density at radius 3 is 2.40 bits per heavy atom. The molecule has 0 aromatic rings. The lowest BCUT2D eigenvalue weighted by Crippen LogP contribution is -2.41. The minimum Gasteiger partial charge on any atom is -0.481 e. The highest BCUT2D eigenvalue weighted by molar-refractivity contribution is 7.98. The summed E-state index contributed by atoms with van der Waals surface area (Å²) in [4.78, 5) is 22.3. The van der Waals surface area contributed by atoms with Gasteiger partial charge in [-0.15, -0.1) is 0 Å². The number of carboxylic acid groups (broad SMARTS) is 1. The molecule has 4 nitrogen and oxygen atoms in total. The molecular weight excluding hydrogens is 214 g/mol. The topological polar surface area (TPSA) is 66.4 Å². The highest BCUT2D eigenvalue weighted by Crippen LogP contribution is 2.13. The number of hydrogen-bond donors (Lipinski definition) is 2. The number of carboxylic acids is 1. The maximum absolute atomic E-state index is 11.5. The van der Waals surface area contributed by atoms with E-state index in [-0.39, 0.29) is 18.4 Å². The van der Waals surface area contributed by atoms with Gasteiger partial charge in [-0.2, -0.15) is 11.8 Å². The predicted octanol–water partition coefficient (Wildman–Crippen LogP) is 1.21. The van der Waals surface area contributed by atoms with Crippen molar-refractivity contribution in [3.05, 3.63) is 0 Å². The van der Waals surface area contributed by atoms with Gasteiger partial charge in [0.2, 0.25) is 5.91 Å². The van der Waals surface area contributed by atoms with Gasteiger partial charge in [-0.05, 0) is 20.1 Å². The van der Waals surface area contributed by atoms with Crippen LogP contribution in [0.1, 0.15) is 20.8 Å². The normalized spacial score (nSPS) is 13.3. The fraction of sp³-hybridized carbons (Fsp3) is 0.800. The van der Waals surface area contributed by atoms with Crippen molar-refractivity contribution in [2.24, 2.45) is 11.3 Å². The van der Waals surface area contributed by atoms with Crippen molar-refractivity contribution >= 4 is 23.6 Å². The molecule has 1 atom stereocenters. The molecule has 0 spiro atoms. The van der Waals surface area contributed by atoms with E-state index in [4.69, 9.17) is 5.11 Å². The van der Waals surface area contributed by atoms with Gasteiger partial charge in [-0.3, -0.25) is 9.59 Å². The first kappa shape index (κ1) is 14.3. The number of hydrogen-bond acceptors (Lipinski definition) is 3. The van der Waals surface area contributed by atoms with E-state index in [9.17, 15) is 9.59 Å². The molecule has 0 saturated heterocycles. The summed E-state index contributed by atoms with van der Waals surface area (Å²) in [7, 11) is 0. The second-order valence-electron chi connectivity index (χ2n) is 4.26. The molecule has 0 aliphatic heterocycles. The highest BCUT2D eigenvalue weighted by atomic mass is 32.2. The standard InChI is InChI=1S/C10H19NO3S/c1-7(5-15-4)8(12)11-6-10(2,3)9(13)14/h7H,5-6H2,1-4H3,(H,11,12)(H,13,14). The third-order valence-electron chi connectivity index (χ3n) is 2.15. The Bertz CT molecular complexity index is 241. The minimum absolute atomic E-state index is 0.0791. The van der Waals surface area contributed by atoms with Crippen molar-refractivity contribution in [2.75, 3.05) is 18.6 Å². The van der Waals surface area contributed by atoms with E-state index < -0.39 is 11.4 Å². The molecular formula is C10H19NO3S. The van der Waals surface area contributed by atoms with Gasteiger partial charge in [0.1, 0.15) is 0 Å². The van der Waals surface area contributed by atoms with Crippen molar-refractivity contribution < 1.29 is 14.7 Å². The van der Waals surface area contributed by atoms with Gasteiger partial charge in [0.05, 0.1) is 5.41 Å². The summed E-state index contributed by atoms with van der Waals surface area (Å²) in [6.45, 7) is 5.18. The van der Waals surface area contributed by atoms with E-state index in [2.05, 4.69) is 5.32 Å². The van der Waals surface area contributed by atoms with E-state index >= 15 is 0 Å². The lowest BCUT2D eigenvalue weighted by Gasteiger charge is -2.20. The second-order valence-corrected chi connectivity index (χ2v) is 5.17. The molecule has 0 radical (unpaired) electrons. The Hall–Kier alpha value is -0.710. The molecule has 88 valence electrons. The molecule has 0 aliphatic rings. The molecule has 0 rings (SSSR count). The van der Waals surface area contributed by atoms with E-state index in [1.54, 1.807) is 25.6 Å². The second kappa shape index (κ2) is 6.00. The first-order chi connectivity index (χ1) is 6.81. The smallest absolute Gasteiger partial charge is 0.310 e. The van der Waals surface area contributed by atoms with Gasteiger partial charge in [0.25, 0.3) is 0 Å². The molecule has 0 aromatic carbocycles. The Morgan fingerprint density at radius 2 is 2.00 bits per heavy atom. The van der Waals surface area contributed by atoms with Crippen LogP contribution in [-0.4, -0.2) is 35.5 Å². The molecule has 1 unspecified atom stereocenters. The van der Waals surface area contributed by atoms with E-state index in [1.165, 1.54) is 0 Å². The maximum atomic E-state index is 11.5. The molecule has 0 fully saturated rings. The van der Waals surface area contributed by atoms with Crippen molar-refractivity contribution in [1.29, 1.82) is 0 Å². The third kappa shape index (κ3) is 5.06. The summed E-state index contributed by atoms with van der Waals surface area (Å²) in [6.07, 6.45) is 1.94. The largest absolute Gasteiger partial charge is 0.481 e. The zero-order valence-corrected chi connectivity index (χ0v) is 10.5. The monoisotopic (exact) mass is 233 g/mol. The van der Waals surface area contributed by atoms with E-state index in [0.29, 0.717) is 0 Å². The summed E-state index contributed by atoms with van der Waals surface area (Å²) >= 11 is 1.60. The first-order valence-corrected chi connectivity index (χ1v) is 6.20. The molecule has 0 aliphatic carbocycles. The number of nitrogens with one attached hydrogen (secondary N) is 1. The van der Waals surface area contributed by atoms with Gasteiger partial charge >= 0.3 is 5.97 Å². The van der Waals surface area contributed by atoms with Crippen molar-refractivity contribution in [1.82, 2.24) is 5.32 Å². The van der Waals surface area contributed by atoms with Crippen LogP contribution in [0.3, 0.4) is 0 Å². The van der Waals surface area contributed by atoms with Crippen LogP contribution in [0.2, 0.25) is 0 Å². The first-order valence-electron chi connectivity index (χ1n) is 4.81. The van der Waals surface area contributed by atoms with Gasteiger partial charge in [-0.25, -0.2) is 0 Å². The number of amides is 1. The zero-order valence-electron chi connectivity index (χ0n) is 9.66. The molecule has 0 heterocycles. The fourth-order valence-corrected chi connectivity index (χ4v) is 1.53. The number of carbonyl (C=O) groups is 2. The van der Waals surface area contributed by atoms with Gasteiger partial charge < -0.3 is 10.4 Å². The minimum atomic E-state index is -0.908. The highest BCUT2D eigenvalue weighted by Gasteiger charge is 2.28. The molecule has 0 saturated carbocycles. The van der Waals surface area contributed by atoms with Gasteiger partial charge in [0.15, 0.2) is 0 Å². The SMILES string of the molecule is CSCC(C)C(=O)NCC(C)(C)C(=O)O. The van der Waals surface area contributed by atoms with E-state index in [1.807, 2.05) is 13.2 Å². The molecule has 1 amide bonds. The summed E-state index contributed by atoms with van der Waals surface area (Å²) in [5, 5.41) is 11.5. The van der Waals surface area contributed by atoms with E-state index in [0.717, 1.165) is 5.75 Å². The van der Waals surface area contributed by atoms with Crippen molar-refractivity contribution in [2.45, 2.75) is 20.8 Å². The van der Waals surface area contributed by atoms with Gasteiger partial charge in [-0.1, -0.05) is 6.92 Å². The molecule has 0 aromatic heterocycles. The molecule has 0 bridgehead atoms. The average Bonchev–Trinajstić information content (AvgIpc) is 2.14. The van der Waals surface area contributed by atoms with Crippen LogP contribution in [-0.2, 0) is 9.59 Å². The number of rotatable bonds is 6. The molecule has 5 heteroatoms. The lowest BCUT2D eigenvalue weighted by atomic mass is 9.94. The Morgan fingerprint density at radius 1 is 1.47 bits per heavy atom. The van der Waals surface area contributed by atoms with Crippen molar-refractivity contribution in [3.8, 4) is 0 Å². The maximum Gasteiger partial charge on any atom is 0.310 e. The summed E-state index contributed by atoms with van der Waals surface area (Å²) < 4.78 is 0. The zero-order chi connectivity index (χ0) is 12.1. The quantitative estimate of drug-likeness (QED) is 0.723. The number of aliphatic carboxylic acids is 1. The lowest BCUT2D eigenvalue weighted by molar-refractivity contribution is -0.146. The van der Waals surface area contributed by atoms with Crippen LogP contribution < -0.4 is 5.32 Å². The number of carbonyl (C=O) groups excluding carboxylic acids is 1. The fourth-order valence-electron chi connectivity index (χ4n) is 0.884. The summed E-state index contributed by atoms with van der Waals surface area (Å²) in [5.41, 5.74) is -0.908. The van der Waals surface area contributed by atoms with Crippen molar-refractivity contribution in [3.63, 3.8) is 0 Å². The Labute approximate surface area is 94.8 Å².